The molecule has 0 saturated heterocycles. The van der Waals surface area contributed by atoms with E-state index < -0.39 is 0 Å². The number of nitrogens with two attached hydrogens (primary N) is 1. The van der Waals surface area contributed by atoms with Crippen molar-refractivity contribution in [3.63, 3.8) is 0 Å². The van der Waals surface area contributed by atoms with Crippen molar-refractivity contribution in [2.45, 2.75) is 26.9 Å². The van der Waals surface area contributed by atoms with Gasteiger partial charge in [-0.05, 0) is 44.5 Å². The fourth-order valence-electron chi connectivity index (χ4n) is 1.73. The number of rotatable bonds is 4. The smallest absolute Gasteiger partial charge is 0.154 e. The number of ether oxygens (including phenoxy) is 2. The minimum atomic E-state index is -0.310. The van der Waals surface area contributed by atoms with Crippen LogP contribution in [0.25, 0.3) is 0 Å². The fourth-order valence-corrected chi connectivity index (χ4v) is 1.73. The molecule has 20 heavy (non-hydrogen) atoms. The molecule has 0 aliphatic heterocycles. The molecule has 0 fully saturated rings. The molecule has 0 atom stereocenters. The summed E-state index contributed by atoms with van der Waals surface area (Å²) in [4.78, 5) is 0. The first-order chi connectivity index (χ1) is 9.47. The predicted octanol–water partition coefficient (Wildman–Crippen LogP) is 4.30. The van der Waals surface area contributed by atoms with Crippen LogP contribution in [0, 0.1) is 12.7 Å². The molecule has 2 aromatic rings. The van der Waals surface area contributed by atoms with E-state index in [-0.39, 0.29) is 11.9 Å². The highest BCUT2D eigenvalue weighted by Crippen LogP contribution is 2.35. The molecule has 4 heteroatoms. The number of anilines is 1. The number of hydrogen-bond donors (Lipinski definition) is 1. The summed E-state index contributed by atoms with van der Waals surface area (Å²) in [6.45, 7) is 5.54. The molecule has 0 amide bonds. The number of para-hydroxylation sites is 1. The van der Waals surface area contributed by atoms with Crippen LogP contribution in [0.4, 0.5) is 10.1 Å². The van der Waals surface area contributed by atoms with Gasteiger partial charge in [0.2, 0.25) is 0 Å². The van der Waals surface area contributed by atoms with Crippen LogP contribution >= 0.6 is 0 Å². The van der Waals surface area contributed by atoms with E-state index in [1.165, 1.54) is 6.07 Å². The first-order valence-corrected chi connectivity index (χ1v) is 6.46. The van der Waals surface area contributed by atoms with E-state index in [0.717, 1.165) is 0 Å². The third-order valence-electron chi connectivity index (χ3n) is 2.76. The Morgan fingerprint density at radius 1 is 1.10 bits per heavy atom. The molecule has 106 valence electrons. The number of halogens is 1. The zero-order valence-electron chi connectivity index (χ0n) is 11.8. The molecule has 0 heterocycles. The Morgan fingerprint density at radius 3 is 2.45 bits per heavy atom. The maximum absolute atomic E-state index is 13.5. The molecule has 2 rings (SSSR count). The van der Waals surface area contributed by atoms with E-state index in [4.69, 9.17) is 15.2 Å². The average Bonchev–Trinajstić information content (AvgIpc) is 2.38. The third-order valence-corrected chi connectivity index (χ3v) is 2.76. The van der Waals surface area contributed by atoms with Gasteiger partial charge in [0, 0.05) is 6.07 Å². The Kier molecular flexibility index (Phi) is 4.13. The lowest BCUT2D eigenvalue weighted by Crippen LogP contribution is -2.07. The molecule has 2 N–H and O–H groups in total. The van der Waals surface area contributed by atoms with Crippen LogP contribution in [-0.2, 0) is 0 Å². The van der Waals surface area contributed by atoms with Gasteiger partial charge in [-0.15, -0.1) is 0 Å². The van der Waals surface area contributed by atoms with E-state index in [0.29, 0.717) is 28.5 Å². The van der Waals surface area contributed by atoms with Crippen molar-refractivity contribution < 1.29 is 13.9 Å². The summed E-state index contributed by atoms with van der Waals surface area (Å²) < 4.78 is 24.7. The molecule has 0 saturated carbocycles. The summed E-state index contributed by atoms with van der Waals surface area (Å²) >= 11 is 0. The molecular weight excluding hydrogens is 257 g/mol. The first kappa shape index (κ1) is 14.2. The maximum atomic E-state index is 13.5. The second kappa shape index (κ2) is 5.82. The third kappa shape index (κ3) is 3.20. The zero-order chi connectivity index (χ0) is 14.7. The van der Waals surface area contributed by atoms with Gasteiger partial charge in [0.25, 0.3) is 0 Å². The molecule has 0 radical (unpaired) electrons. The number of hydrogen-bond acceptors (Lipinski definition) is 3. The summed E-state index contributed by atoms with van der Waals surface area (Å²) in [5.74, 6) is 1.11. The summed E-state index contributed by atoms with van der Waals surface area (Å²) in [5, 5.41) is 0. The molecular formula is C16H18FNO2. The minimum Gasteiger partial charge on any atom is -0.489 e. The van der Waals surface area contributed by atoms with Crippen molar-refractivity contribution in [2.24, 2.45) is 0 Å². The van der Waals surface area contributed by atoms with Gasteiger partial charge in [0.05, 0.1) is 6.10 Å². The Morgan fingerprint density at radius 2 is 1.80 bits per heavy atom. The molecule has 0 aliphatic carbocycles. The van der Waals surface area contributed by atoms with Crippen LogP contribution in [0.5, 0.6) is 17.2 Å². The average molecular weight is 275 g/mol. The maximum Gasteiger partial charge on any atom is 0.154 e. The Bertz CT molecular complexity index is 611. The van der Waals surface area contributed by atoms with Crippen molar-refractivity contribution in [1.82, 2.24) is 0 Å². The van der Waals surface area contributed by atoms with Gasteiger partial charge in [0.15, 0.2) is 5.75 Å². The molecule has 2 aromatic carbocycles. The largest absolute Gasteiger partial charge is 0.489 e. The molecule has 3 nitrogen and oxygen atoms in total. The minimum absolute atomic E-state index is 0.0179. The number of aryl methyl sites for hydroxylation is 1. The van der Waals surface area contributed by atoms with Gasteiger partial charge in [-0.2, -0.15) is 0 Å². The molecule has 0 bridgehead atoms. The van der Waals surface area contributed by atoms with Crippen LogP contribution in [0.1, 0.15) is 19.4 Å². The van der Waals surface area contributed by atoms with E-state index in [1.807, 2.05) is 13.8 Å². The van der Waals surface area contributed by atoms with Crippen LogP contribution in [0.3, 0.4) is 0 Å². The van der Waals surface area contributed by atoms with Crippen molar-refractivity contribution in [2.75, 3.05) is 5.73 Å². The van der Waals surface area contributed by atoms with E-state index in [1.54, 1.807) is 37.3 Å². The quantitative estimate of drug-likeness (QED) is 0.846. The van der Waals surface area contributed by atoms with Crippen molar-refractivity contribution >= 4 is 5.69 Å². The standard InChI is InChI=1S/C16H18FNO2/c1-10(2)19-14-5-4-6-15(16(14)18)20-12-8-7-11(3)13(17)9-12/h4-10H,18H2,1-3H3. The summed E-state index contributed by atoms with van der Waals surface area (Å²) in [6, 6.07) is 9.99. The number of benzene rings is 2. The Balaban J connectivity index is 2.27. The lowest BCUT2D eigenvalue weighted by Gasteiger charge is -2.15. The SMILES string of the molecule is Cc1ccc(Oc2cccc(OC(C)C)c2N)cc1F. The highest BCUT2D eigenvalue weighted by Gasteiger charge is 2.10. The second-order valence-corrected chi connectivity index (χ2v) is 4.85. The lowest BCUT2D eigenvalue weighted by molar-refractivity contribution is 0.243. The number of nitrogen functional groups attached to an aromatic ring is 1. The van der Waals surface area contributed by atoms with Crippen LogP contribution < -0.4 is 15.2 Å². The normalized spacial score (nSPS) is 10.7. The van der Waals surface area contributed by atoms with Crippen molar-refractivity contribution in [1.29, 1.82) is 0 Å². The van der Waals surface area contributed by atoms with Gasteiger partial charge in [-0.3, -0.25) is 0 Å². The van der Waals surface area contributed by atoms with Crippen LogP contribution in [0.2, 0.25) is 0 Å². The molecule has 0 spiro atoms. The van der Waals surface area contributed by atoms with E-state index in [9.17, 15) is 4.39 Å². The van der Waals surface area contributed by atoms with Gasteiger partial charge >= 0.3 is 0 Å². The summed E-state index contributed by atoms with van der Waals surface area (Å²) in [7, 11) is 0. The summed E-state index contributed by atoms with van der Waals surface area (Å²) in [5.41, 5.74) is 6.98. The monoisotopic (exact) mass is 275 g/mol. The highest BCUT2D eigenvalue weighted by atomic mass is 19.1. The first-order valence-electron chi connectivity index (χ1n) is 6.46. The van der Waals surface area contributed by atoms with Gasteiger partial charge < -0.3 is 15.2 Å². The highest BCUT2D eigenvalue weighted by molar-refractivity contribution is 5.63. The molecule has 0 aliphatic rings. The van der Waals surface area contributed by atoms with Gasteiger partial charge in [-0.25, -0.2) is 4.39 Å². The van der Waals surface area contributed by atoms with Crippen LogP contribution in [-0.4, -0.2) is 6.10 Å². The van der Waals surface area contributed by atoms with Gasteiger partial charge in [-0.1, -0.05) is 12.1 Å². The summed E-state index contributed by atoms with van der Waals surface area (Å²) in [6.07, 6.45) is 0.0179. The zero-order valence-corrected chi connectivity index (χ0v) is 11.8. The topological polar surface area (TPSA) is 44.5 Å². The Labute approximate surface area is 118 Å². The fraction of sp³-hybridized carbons (Fsp3) is 0.250. The molecule has 0 unspecified atom stereocenters. The van der Waals surface area contributed by atoms with E-state index >= 15 is 0 Å². The predicted molar refractivity (Wildman–Crippen MR) is 77.8 cm³/mol. The molecule has 0 aromatic heterocycles. The van der Waals surface area contributed by atoms with Crippen molar-refractivity contribution in [3.8, 4) is 17.2 Å². The van der Waals surface area contributed by atoms with Gasteiger partial charge in [0.1, 0.15) is 23.0 Å². The Hall–Kier alpha value is -2.23. The van der Waals surface area contributed by atoms with Crippen LogP contribution in [0.15, 0.2) is 36.4 Å². The lowest BCUT2D eigenvalue weighted by atomic mass is 10.2. The second-order valence-electron chi connectivity index (χ2n) is 4.85. The van der Waals surface area contributed by atoms with Crippen molar-refractivity contribution in [3.05, 3.63) is 47.8 Å². The van der Waals surface area contributed by atoms with E-state index in [2.05, 4.69) is 0 Å².